The maximum Gasteiger partial charge on any atom is 0.408 e. The summed E-state index contributed by atoms with van der Waals surface area (Å²) in [6, 6.07) is 4.53. The number of aliphatic hydroxyl groups excluding tert-OH is 1. The summed E-state index contributed by atoms with van der Waals surface area (Å²) in [6.45, 7) is 7.74. The van der Waals surface area contributed by atoms with Crippen LogP contribution in [0.25, 0.3) is 11.5 Å². The van der Waals surface area contributed by atoms with Gasteiger partial charge in [0.25, 0.3) is 0 Å². The van der Waals surface area contributed by atoms with E-state index in [1.54, 1.807) is 52.0 Å². The number of nitrogens with zero attached hydrogens (tertiary/aromatic N) is 4. The number of H-pyrrole nitrogens is 1. The van der Waals surface area contributed by atoms with Gasteiger partial charge in [0.1, 0.15) is 11.6 Å². The van der Waals surface area contributed by atoms with Crippen molar-refractivity contribution in [1.29, 1.82) is 0 Å². The van der Waals surface area contributed by atoms with Crippen LogP contribution >= 0.6 is 15.9 Å². The monoisotopic (exact) mass is 562 g/mol. The van der Waals surface area contributed by atoms with Crippen molar-refractivity contribution in [3.63, 3.8) is 0 Å². The minimum Gasteiger partial charge on any atom is -0.480 e. The minimum atomic E-state index is -1.41. The van der Waals surface area contributed by atoms with Crippen molar-refractivity contribution in [2.24, 2.45) is 0 Å². The number of aliphatic hydroxyl groups is 1. The lowest BCUT2D eigenvalue weighted by Crippen LogP contribution is -2.48. The SMILES string of the molecule is Cc1c(-c2nnn(C(C)C(NC(=O)OC(C)(C)C)C(=O)O)n2)[nH]c(CO)c1C(=O)c1cccc(Br)c1. The molecule has 12 nitrogen and oxygen atoms in total. The van der Waals surface area contributed by atoms with E-state index >= 15 is 0 Å². The van der Waals surface area contributed by atoms with E-state index in [1.165, 1.54) is 6.92 Å². The van der Waals surface area contributed by atoms with Crippen molar-refractivity contribution in [2.45, 2.75) is 58.9 Å². The molecule has 2 unspecified atom stereocenters. The van der Waals surface area contributed by atoms with Gasteiger partial charge in [-0.2, -0.15) is 4.80 Å². The number of tetrazole rings is 1. The van der Waals surface area contributed by atoms with Crippen LogP contribution in [0.15, 0.2) is 28.7 Å². The molecule has 0 spiro atoms. The fourth-order valence-corrected chi connectivity index (χ4v) is 3.94. The second-order valence-electron chi connectivity index (χ2n) is 9.11. The number of alkyl carbamates (subject to hydrolysis) is 1. The molecule has 0 aliphatic carbocycles. The lowest BCUT2D eigenvalue weighted by atomic mass is 9.99. The number of aromatic nitrogens is 5. The van der Waals surface area contributed by atoms with E-state index in [2.05, 4.69) is 41.6 Å². The highest BCUT2D eigenvalue weighted by Gasteiger charge is 2.32. The molecule has 0 radical (unpaired) electrons. The largest absolute Gasteiger partial charge is 0.480 e. The van der Waals surface area contributed by atoms with Crippen LogP contribution in [-0.4, -0.2) is 64.9 Å². The Morgan fingerprint density at radius 1 is 1.28 bits per heavy atom. The van der Waals surface area contributed by atoms with Crippen molar-refractivity contribution in [3.05, 3.63) is 51.1 Å². The van der Waals surface area contributed by atoms with Gasteiger partial charge in [0, 0.05) is 15.6 Å². The van der Waals surface area contributed by atoms with E-state index in [0.717, 1.165) is 9.27 Å². The fourth-order valence-electron chi connectivity index (χ4n) is 3.54. The van der Waals surface area contributed by atoms with Crippen molar-refractivity contribution < 1.29 is 29.3 Å². The van der Waals surface area contributed by atoms with E-state index in [4.69, 9.17) is 4.74 Å². The topological polar surface area (TPSA) is 172 Å². The van der Waals surface area contributed by atoms with Crippen molar-refractivity contribution >= 4 is 33.8 Å². The lowest BCUT2D eigenvalue weighted by molar-refractivity contribution is -0.140. The first-order valence-corrected chi connectivity index (χ1v) is 11.8. The van der Waals surface area contributed by atoms with Gasteiger partial charge in [0.05, 0.1) is 18.0 Å². The Hall–Kier alpha value is -3.58. The molecule has 0 aliphatic heterocycles. The molecule has 0 saturated heterocycles. The Morgan fingerprint density at radius 3 is 2.56 bits per heavy atom. The van der Waals surface area contributed by atoms with E-state index < -0.39 is 36.4 Å². The molecule has 0 bridgehead atoms. The maximum atomic E-state index is 13.2. The quantitative estimate of drug-likeness (QED) is 0.301. The first-order chi connectivity index (χ1) is 16.8. The Labute approximate surface area is 215 Å². The molecule has 2 heterocycles. The third kappa shape index (κ3) is 5.97. The normalized spacial score (nSPS) is 13.2. The van der Waals surface area contributed by atoms with Crippen LogP contribution in [0.1, 0.15) is 60.9 Å². The van der Waals surface area contributed by atoms with Gasteiger partial charge in [-0.3, -0.25) is 4.79 Å². The number of ketones is 1. The van der Waals surface area contributed by atoms with Gasteiger partial charge >= 0.3 is 12.1 Å². The number of hydrogen-bond donors (Lipinski definition) is 4. The number of carboxylic acid groups (broad SMARTS) is 1. The summed E-state index contributed by atoms with van der Waals surface area (Å²) in [5.74, 6) is -1.52. The molecule has 192 valence electrons. The smallest absolute Gasteiger partial charge is 0.408 e. The number of nitrogens with one attached hydrogen (secondary N) is 2. The summed E-state index contributed by atoms with van der Waals surface area (Å²) >= 11 is 3.35. The van der Waals surface area contributed by atoms with Crippen LogP contribution in [0, 0.1) is 6.92 Å². The molecule has 2 atom stereocenters. The van der Waals surface area contributed by atoms with Gasteiger partial charge in [-0.05, 0) is 57.5 Å². The van der Waals surface area contributed by atoms with E-state index in [1.807, 2.05) is 0 Å². The van der Waals surface area contributed by atoms with Gasteiger partial charge in [0.15, 0.2) is 11.8 Å². The van der Waals surface area contributed by atoms with Crippen molar-refractivity contribution in [3.8, 4) is 11.5 Å². The Kier molecular flexibility index (Phi) is 7.94. The van der Waals surface area contributed by atoms with Gasteiger partial charge in [-0.25, -0.2) is 9.59 Å². The zero-order valence-electron chi connectivity index (χ0n) is 20.4. The number of benzene rings is 1. The molecule has 1 amide bonds. The number of carboxylic acids is 1. The van der Waals surface area contributed by atoms with Crippen LogP contribution in [0.2, 0.25) is 0 Å². The van der Waals surface area contributed by atoms with Crippen molar-refractivity contribution in [1.82, 2.24) is 30.5 Å². The molecule has 3 rings (SSSR count). The number of aromatic amines is 1. The summed E-state index contributed by atoms with van der Waals surface area (Å²) in [6.07, 6.45) is -0.898. The first-order valence-electron chi connectivity index (χ1n) is 11.0. The van der Waals surface area contributed by atoms with E-state index in [0.29, 0.717) is 16.8 Å². The summed E-state index contributed by atoms with van der Waals surface area (Å²) in [7, 11) is 0. The molecule has 1 aromatic carbocycles. The molecule has 13 heteroatoms. The second-order valence-corrected chi connectivity index (χ2v) is 10.0. The summed E-state index contributed by atoms with van der Waals surface area (Å²) in [5.41, 5.74) is 1.03. The highest BCUT2D eigenvalue weighted by Crippen LogP contribution is 2.28. The van der Waals surface area contributed by atoms with Crippen LogP contribution in [-0.2, 0) is 16.1 Å². The zero-order chi connectivity index (χ0) is 26.8. The molecule has 0 fully saturated rings. The van der Waals surface area contributed by atoms with Crippen LogP contribution in [0.4, 0.5) is 4.79 Å². The van der Waals surface area contributed by atoms with Gasteiger partial charge < -0.3 is 25.3 Å². The number of aliphatic carboxylic acids is 1. The van der Waals surface area contributed by atoms with Crippen molar-refractivity contribution in [2.75, 3.05) is 0 Å². The number of halogens is 1. The third-order valence-electron chi connectivity index (χ3n) is 5.24. The van der Waals surface area contributed by atoms with E-state index in [9.17, 15) is 24.6 Å². The van der Waals surface area contributed by atoms with E-state index in [-0.39, 0.29) is 22.9 Å². The number of rotatable bonds is 8. The fraction of sp³-hybridized carbons (Fsp3) is 0.391. The highest BCUT2D eigenvalue weighted by atomic mass is 79.9. The number of carbonyl (C=O) groups is 3. The third-order valence-corrected chi connectivity index (χ3v) is 5.73. The predicted molar refractivity (Wildman–Crippen MR) is 131 cm³/mol. The molecule has 36 heavy (non-hydrogen) atoms. The number of carbonyl (C=O) groups excluding carboxylic acids is 2. The van der Waals surface area contributed by atoms with Crippen LogP contribution in [0.3, 0.4) is 0 Å². The number of amides is 1. The molecule has 2 aromatic heterocycles. The summed E-state index contributed by atoms with van der Waals surface area (Å²) in [5, 5.41) is 34.0. The molecule has 4 N–H and O–H groups in total. The Balaban J connectivity index is 1.91. The Bertz CT molecular complexity index is 1290. The van der Waals surface area contributed by atoms with Gasteiger partial charge in [0.2, 0.25) is 5.82 Å². The number of hydrogen-bond acceptors (Lipinski definition) is 8. The maximum absolute atomic E-state index is 13.2. The van der Waals surface area contributed by atoms with Gasteiger partial charge in [-0.15, -0.1) is 10.2 Å². The van der Waals surface area contributed by atoms with Crippen LogP contribution < -0.4 is 5.32 Å². The predicted octanol–water partition coefficient (Wildman–Crippen LogP) is 3.00. The average Bonchev–Trinajstić information content (AvgIpc) is 3.39. The molecule has 0 aliphatic rings. The zero-order valence-corrected chi connectivity index (χ0v) is 22.0. The molecule has 0 saturated carbocycles. The highest BCUT2D eigenvalue weighted by molar-refractivity contribution is 9.10. The molecular formula is C23H27BrN6O6. The Morgan fingerprint density at radius 2 is 1.97 bits per heavy atom. The molecular weight excluding hydrogens is 536 g/mol. The average molecular weight is 563 g/mol. The van der Waals surface area contributed by atoms with Crippen LogP contribution in [0.5, 0.6) is 0 Å². The standard InChI is InChI=1S/C23H27BrN6O6/c1-11-16(19(32)13-7-6-8-14(24)9-13)15(10-31)25-17(11)20-27-29-30(28-20)12(2)18(21(33)34)26-22(35)36-23(3,4)5/h6-9,12,18,25,31H,10H2,1-5H3,(H,26,35)(H,33,34). The molecule has 3 aromatic rings. The minimum absolute atomic E-state index is 0.0868. The summed E-state index contributed by atoms with van der Waals surface area (Å²) in [4.78, 5) is 41.2. The second kappa shape index (κ2) is 10.6. The lowest BCUT2D eigenvalue weighted by Gasteiger charge is -2.24. The first kappa shape index (κ1) is 27.0. The summed E-state index contributed by atoms with van der Waals surface area (Å²) < 4.78 is 5.88. The van der Waals surface area contributed by atoms with Gasteiger partial charge in [-0.1, -0.05) is 28.1 Å². The number of ether oxygens (including phenoxy) is 1.